The average Bonchev–Trinajstić information content (AvgIpc) is 2.41. The van der Waals surface area contributed by atoms with Gasteiger partial charge in [0, 0.05) is 5.56 Å². The average molecular weight is 280 g/mol. The van der Waals surface area contributed by atoms with Gasteiger partial charge in [-0.1, -0.05) is 29.8 Å². The van der Waals surface area contributed by atoms with Crippen molar-refractivity contribution < 1.29 is 9.13 Å². The molecule has 2 nitrogen and oxygen atoms in total. The molecule has 2 rings (SSSR count). The fraction of sp³-hybridized carbons (Fsp3) is 0.200. The molecule has 1 unspecified atom stereocenters. The number of hydrogen-bond acceptors (Lipinski definition) is 2. The lowest BCUT2D eigenvalue weighted by molar-refractivity contribution is 0.408. The predicted octanol–water partition coefficient (Wildman–Crippen LogP) is 4.66. The molecule has 0 saturated carbocycles. The highest BCUT2D eigenvalue weighted by atomic mass is 35.5. The van der Waals surface area contributed by atoms with Crippen LogP contribution in [0.2, 0.25) is 5.02 Å². The Morgan fingerprint density at radius 3 is 2.63 bits per heavy atom. The van der Waals surface area contributed by atoms with Gasteiger partial charge in [-0.05, 0) is 31.2 Å². The molecule has 4 heteroatoms. The van der Waals surface area contributed by atoms with Gasteiger partial charge in [0.2, 0.25) is 0 Å². The first-order valence-electron chi connectivity index (χ1n) is 5.96. The lowest BCUT2D eigenvalue weighted by Gasteiger charge is -2.19. The first-order valence-corrected chi connectivity index (χ1v) is 6.34. The third-order valence-electron chi connectivity index (χ3n) is 2.91. The van der Waals surface area contributed by atoms with E-state index in [1.54, 1.807) is 13.2 Å². The van der Waals surface area contributed by atoms with Crippen molar-refractivity contribution in [3.05, 3.63) is 58.9 Å². The van der Waals surface area contributed by atoms with Crippen LogP contribution in [0.4, 0.5) is 10.1 Å². The molecule has 0 radical (unpaired) electrons. The molecule has 0 heterocycles. The first-order chi connectivity index (χ1) is 9.11. The van der Waals surface area contributed by atoms with Crippen molar-refractivity contribution in [2.24, 2.45) is 0 Å². The van der Waals surface area contributed by atoms with Crippen LogP contribution in [0.3, 0.4) is 0 Å². The summed E-state index contributed by atoms with van der Waals surface area (Å²) in [5.74, 6) is 0.459. The smallest absolute Gasteiger partial charge is 0.124 e. The summed E-state index contributed by atoms with van der Waals surface area (Å²) in [7, 11) is 1.64. The van der Waals surface area contributed by atoms with E-state index in [1.165, 1.54) is 12.1 Å². The molecule has 0 spiro atoms. The maximum Gasteiger partial charge on any atom is 0.124 e. The van der Waals surface area contributed by atoms with Gasteiger partial charge in [0.05, 0.1) is 23.9 Å². The number of hydrogen-bond donors (Lipinski definition) is 1. The Labute approximate surface area is 117 Å². The maximum absolute atomic E-state index is 13.0. The van der Waals surface area contributed by atoms with E-state index in [9.17, 15) is 4.39 Å². The Morgan fingerprint density at radius 1 is 1.21 bits per heavy atom. The van der Waals surface area contributed by atoms with Crippen molar-refractivity contribution in [2.45, 2.75) is 13.0 Å². The standard InChI is InChI=1S/C15H15ClFNO/c1-10(12-5-3-4-6-15(12)19-2)18-14-8-7-11(17)9-13(14)16/h3-10,18H,1-2H3. The normalized spacial score (nSPS) is 12.0. The van der Waals surface area contributed by atoms with Crippen LogP contribution >= 0.6 is 11.6 Å². The van der Waals surface area contributed by atoms with E-state index in [-0.39, 0.29) is 11.9 Å². The van der Waals surface area contributed by atoms with Crippen LogP contribution in [0, 0.1) is 5.82 Å². The van der Waals surface area contributed by atoms with Gasteiger partial charge in [-0.3, -0.25) is 0 Å². The van der Waals surface area contributed by atoms with Crippen molar-refractivity contribution in [1.29, 1.82) is 0 Å². The number of ether oxygens (including phenoxy) is 1. The number of methoxy groups -OCH3 is 1. The van der Waals surface area contributed by atoms with E-state index < -0.39 is 0 Å². The molecule has 2 aromatic carbocycles. The fourth-order valence-electron chi connectivity index (χ4n) is 1.94. The Bertz CT molecular complexity index is 574. The first kappa shape index (κ1) is 13.7. The van der Waals surface area contributed by atoms with Gasteiger partial charge in [0.25, 0.3) is 0 Å². The maximum atomic E-state index is 13.0. The number of nitrogens with one attached hydrogen (secondary N) is 1. The van der Waals surface area contributed by atoms with Gasteiger partial charge in [0.1, 0.15) is 11.6 Å². The molecular weight excluding hydrogens is 265 g/mol. The van der Waals surface area contributed by atoms with E-state index in [0.29, 0.717) is 10.7 Å². The summed E-state index contributed by atoms with van der Waals surface area (Å²) in [4.78, 5) is 0. The molecule has 100 valence electrons. The molecule has 0 aliphatic carbocycles. The Morgan fingerprint density at radius 2 is 1.95 bits per heavy atom. The fourth-order valence-corrected chi connectivity index (χ4v) is 2.16. The predicted molar refractivity (Wildman–Crippen MR) is 76.4 cm³/mol. The lowest BCUT2D eigenvalue weighted by atomic mass is 10.1. The van der Waals surface area contributed by atoms with E-state index in [1.807, 2.05) is 31.2 Å². The molecule has 0 aliphatic rings. The van der Waals surface area contributed by atoms with Gasteiger partial charge in [-0.15, -0.1) is 0 Å². The minimum absolute atomic E-state index is 0.000823. The lowest BCUT2D eigenvalue weighted by Crippen LogP contribution is -2.08. The zero-order valence-electron chi connectivity index (χ0n) is 10.8. The van der Waals surface area contributed by atoms with Gasteiger partial charge in [-0.25, -0.2) is 4.39 Å². The van der Waals surface area contributed by atoms with Crippen molar-refractivity contribution in [1.82, 2.24) is 0 Å². The van der Waals surface area contributed by atoms with Gasteiger partial charge in [0.15, 0.2) is 0 Å². The van der Waals surface area contributed by atoms with Crippen LogP contribution in [-0.4, -0.2) is 7.11 Å². The molecule has 0 aliphatic heterocycles. The van der Waals surface area contributed by atoms with Crippen molar-refractivity contribution in [2.75, 3.05) is 12.4 Å². The van der Waals surface area contributed by atoms with Crippen LogP contribution in [0.25, 0.3) is 0 Å². The van der Waals surface area contributed by atoms with Crippen LogP contribution in [0.15, 0.2) is 42.5 Å². The van der Waals surface area contributed by atoms with Gasteiger partial charge < -0.3 is 10.1 Å². The zero-order chi connectivity index (χ0) is 13.8. The number of benzene rings is 2. The summed E-state index contributed by atoms with van der Waals surface area (Å²) < 4.78 is 18.3. The van der Waals surface area contributed by atoms with Crippen LogP contribution in [0.1, 0.15) is 18.5 Å². The molecule has 19 heavy (non-hydrogen) atoms. The Balaban J connectivity index is 2.23. The summed E-state index contributed by atoms with van der Waals surface area (Å²) in [5.41, 5.74) is 1.71. The monoisotopic (exact) mass is 279 g/mol. The summed E-state index contributed by atoms with van der Waals surface area (Å²) >= 11 is 6.00. The second-order valence-electron chi connectivity index (χ2n) is 4.23. The summed E-state index contributed by atoms with van der Waals surface area (Å²) in [5, 5.41) is 3.61. The van der Waals surface area contributed by atoms with Crippen LogP contribution in [0.5, 0.6) is 5.75 Å². The van der Waals surface area contributed by atoms with Gasteiger partial charge >= 0.3 is 0 Å². The SMILES string of the molecule is COc1ccccc1C(C)Nc1ccc(F)cc1Cl. The molecule has 0 fully saturated rings. The number of para-hydroxylation sites is 1. The Hall–Kier alpha value is -1.74. The van der Waals surface area contributed by atoms with Crippen LogP contribution < -0.4 is 10.1 Å². The van der Waals surface area contributed by atoms with Gasteiger partial charge in [-0.2, -0.15) is 0 Å². The van der Waals surface area contributed by atoms with E-state index in [0.717, 1.165) is 11.3 Å². The second-order valence-corrected chi connectivity index (χ2v) is 4.64. The highest BCUT2D eigenvalue weighted by Gasteiger charge is 2.12. The summed E-state index contributed by atoms with van der Waals surface area (Å²) in [6.07, 6.45) is 0. The highest BCUT2D eigenvalue weighted by molar-refractivity contribution is 6.33. The molecule has 0 saturated heterocycles. The third-order valence-corrected chi connectivity index (χ3v) is 3.22. The molecule has 0 bridgehead atoms. The minimum Gasteiger partial charge on any atom is -0.496 e. The molecule has 0 amide bonds. The minimum atomic E-state index is -0.347. The largest absolute Gasteiger partial charge is 0.496 e. The molecule has 1 atom stereocenters. The third kappa shape index (κ3) is 3.18. The van der Waals surface area contributed by atoms with E-state index in [2.05, 4.69) is 5.32 Å². The molecule has 2 aromatic rings. The molecule has 0 aromatic heterocycles. The summed E-state index contributed by atoms with van der Waals surface area (Å²) in [6.45, 7) is 2.00. The number of halogens is 2. The second kappa shape index (κ2) is 5.93. The highest BCUT2D eigenvalue weighted by Crippen LogP contribution is 2.30. The molecular formula is C15H15ClFNO. The van der Waals surface area contributed by atoms with Crippen LogP contribution in [-0.2, 0) is 0 Å². The van der Waals surface area contributed by atoms with E-state index >= 15 is 0 Å². The van der Waals surface area contributed by atoms with Crippen molar-refractivity contribution in [3.8, 4) is 5.75 Å². The molecule has 1 N–H and O–H groups in total. The number of anilines is 1. The Kier molecular flexibility index (Phi) is 4.27. The van der Waals surface area contributed by atoms with Crippen molar-refractivity contribution >= 4 is 17.3 Å². The quantitative estimate of drug-likeness (QED) is 0.879. The summed E-state index contributed by atoms with van der Waals surface area (Å²) in [6, 6.07) is 12.0. The number of rotatable bonds is 4. The topological polar surface area (TPSA) is 21.3 Å². The van der Waals surface area contributed by atoms with E-state index in [4.69, 9.17) is 16.3 Å². The zero-order valence-corrected chi connectivity index (χ0v) is 11.5. The van der Waals surface area contributed by atoms with Crippen molar-refractivity contribution in [3.63, 3.8) is 0 Å².